The van der Waals surface area contributed by atoms with Crippen LogP contribution in [0.1, 0.15) is 39.5 Å². The molecule has 12 heavy (non-hydrogen) atoms. The van der Waals surface area contributed by atoms with Crippen molar-refractivity contribution in [1.82, 2.24) is 0 Å². The largest absolute Gasteiger partial charge is 0.0884 e. The molecule has 0 amide bonds. The van der Waals surface area contributed by atoms with Gasteiger partial charge in [0.2, 0.25) is 0 Å². The van der Waals surface area contributed by atoms with Crippen LogP contribution in [0, 0.1) is 22.7 Å². The van der Waals surface area contributed by atoms with Gasteiger partial charge in [0.1, 0.15) is 0 Å². The van der Waals surface area contributed by atoms with Crippen molar-refractivity contribution >= 4 is 15.9 Å². The molecule has 0 aliphatic heterocycles. The van der Waals surface area contributed by atoms with E-state index in [1.165, 1.54) is 25.7 Å². The van der Waals surface area contributed by atoms with Gasteiger partial charge in [-0.2, -0.15) is 0 Å². The van der Waals surface area contributed by atoms with Crippen LogP contribution in [-0.4, -0.2) is 4.83 Å². The SMILES string of the molecule is CC1(C)C2CCC3(CC3Br)C1C2. The first-order valence-electron chi connectivity index (χ1n) is 5.21. The van der Waals surface area contributed by atoms with Gasteiger partial charge in [-0.1, -0.05) is 29.8 Å². The number of hydrogen-bond acceptors (Lipinski definition) is 0. The van der Waals surface area contributed by atoms with E-state index >= 15 is 0 Å². The van der Waals surface area contributed by atoms with E-state index < -0.39 is 0 Å². The lowest BCUT2D eigenvalue weighted by atomic mass is 9.44. The number of alkyl halides is 1. The lowest BCUT2D eigenvalue weighted by molar-refractivity contribution is -0.115. The van der Waals surface area contributed by atoms with Crippen LogP contribution in [0.15, 0.2) is 0 Å². The van der Waals surface area contributed by atoms with Gasteiger partial charge in [-0.3, -0.25) is 0 Å². The Morgan fingerprint density at radius 2 is 2.00 bits per heavy atom. The highest BCUT2D eigenvalue weighted by molar-refractivity contribution is 9.09. The van der Waals surface area contributed by atoms with Gasteiger partial charge in [-0.05, 0) is 48.3 Å². The van der Waals surface area contributed by atoms with Crippen LogP contribution in [0.2, 0.25) is 0 Å². The third kappa shape index (κ3) is 0.670. The summed E-state index contributed by atoms with van der Waals surface area (Å²) in [4.78, 5) is 0.871. The zero-order valence-electron chi connectivity index (χ0n) is 7.94. The predicted molar refractivity (Wildman–Crippen MR) is 54.4 cm³/mol. The van der Waals surface area contributed by atoms with E-state index in [4.69, 9.17) is 0 Å². The van der Waals surface area contributed by atoms with Crippen molar-refractivity contribution in [1.29, 1.82) is 0 Å². The van der Waals surface area contributed by atoms with Crippen LogP contribution in [-0.2, 0) is 0 Å². The number of fused-ring (bicyclic) bond motifs is 1. The van der Waals surface area contributed by atoms with E-state index in [0.29, 0.717) is 5.41 Å². The smallest absolute Gasteiger partial charge is 0.0211 e. The van der Waals surface area contributed by atoms with Gasteiger partial charge in [0.25, 0.3) is 0 Å². The quantitative estimate of drug-likeness (QED) is 0.557. The van der Waals surface area contributed by atoms with Crippen molar-refractivity contribution < 1.29 is 0 Å². The molecule has 0 aromatic carbocycles. The zero-order valence-corrected chi connectivity index (χ0v) is 9.52. The highest BCUT2D eigenvalue weighted by atomic mass is 79.9. The minimum atomic E-state index is 0.681. The van der Waals surface area contributed by atoms with Crippen molar-refractivity contribution in [2.75, 3.05) is 0 Å². The van der Waals surface area contributed by atoms with Gasteiger partial charge in [0.05, 0.1) is 0 Å². The Hall–Kier alpha value is 0.480. The Bertz CT molecular complexity index is 231. The molecule has 0 heterocycles. The number of halogens is 1. The summed E-state index contributed by atoms with van der Waals surface area (Å²) in [5.74, 6) is 2.11. The van der Waals surface area contributed by atoms with Crippen LogP contribution in [0.4, 0.5) is 0 Å². The number of hydrogen-bond donors (Lipinski definition) is 0. The number of rotatable bonds is 0. The molecule has 0 saturated heterocycles. The Morgan fingerprint density at radius 3 is 2.33 bits per heavy atom. The molecule has 1 spiro atoms. The van der Waals surface area contributed by atoms with Gasteiger partial charge in [0.15, 0.2) is 0 Å². The van der Waals surface area contributed by atoms with E-state index in [2.05, 4.69) is 29.8 Å². The molecule has 4 saturated carbocycles. The van der Waals surface area contributed by atoms with Crippen molar-refractivity contribution in [3.63, 3.8) is 0 Å². The van der Waals surface area contributed by atoms with E-state index in [9.17, 15) is 0 Å². The molecule has 0 N–H and O–H groups in total. The lowest BCUT2D eigenvalue weighted by Crippen LogP contribution is -2.54. The van der Waals surface area contributed by atoms with Gasteiger partial charge in [-0.25, -0.2) is 0 Å². The third-order valence-electron chi connectivity index (χ3n) is 5.15. The molecule has 4 aliphatic rings. The summed E-state index contributed by atoms with van der Waals surface area (Å²) in [6, 6.07) is 0. The van der Waals surface area contributed by atoms with Crippen molar-refractivity contribution in [2.24, 2.45) is 22.7 Å². The fraction of sp³-hybridized carbons (Fsp3) is 1.00. The molecule has 4 fully saturated rings. The summed E-state index contributed by atoms with van der Waals surface area (Å²) in [5, 5.41) is 0. The monoisotopic (exact) mass is 228 g/mol. The van der Waals surface area contributed by atoms with Gasteiger partial charge in [-0.15, -0.1) is 0 Å². The van der Waals surface area contributed by atoms with Crippen LogP contribution < -0.4 is 0 Å². The maximum absolute atomic E-state index is 3.82. The van der Waals surface area contributed by atoms with Gasteiger partial charge in [0, 0.05) is 4.83 Å². The van der Waals surface area contributed by atoms with Crippen LogP contribution in [0.3, 0.4) is 0 Å². The van der Waals surface area contributed by atoms with Crippen LogP contribution >= 0.6 is 15.9 Å². The Labute approximate surface area is 83.2 Å². The van der Waals surface area contributed by atoms with Crippen molar-refractivity contribution in [3.05, 3.63) is 0 Å². The average Bonchev–Trinajstić information content (AvgIpc) is 2.60. The first kappa shape index (κ1) is 7.84. The van der Waals surface area contributed by atoms with Gasteiger partial charge >= 0.3 is 0 Å². The molecule has 0 aromatic heterocycles. The highest BCUT2D eigenvalue weighted by Crippen LogP contribution is 2.75. The molecule has 0 aromatic rings. The topological polar surface area (TPSA) is 0 Å². The summed E-state index contributed by atoms with van der Waals surface area (Å²) in [6.07, 6.45) is 6.02. The lowest BCUT2D eigenvalue weighted by Gasteiger charge is -2.61. The van der Waals surface area contributed by atoms with Crippen molar-refractivity contribution in [2.45, 2.75) is 44.4 Å². The molecule has 4 aliphatic carbocycles. The second kappa shape index (κ2) is 1.94. The Balaban J connectivity index is 1.92. The Morgan fingerprint density at radius 1 is 1.33 bits per heavy atom. The zero-order chi connectivity index (χ0) is 8.56. The summed E-state index contributed by atoms with van der Waals surface area (Å²) in [6.45, 7) is 4.98. The molecular weight excluding hydrogens is 212 g/mol. The molecule has 4 unspecified atom stereocenters. The molecule has 0 nitrogen and oxygen atoms in total. The normalized spacial score (nSPS) is 59.8. The third-order valence-corrected chi connectivity index (χ3v) is 6.38. The maximum atomic E-state index is 3.82. The summed E-state index contributed by atoms with van der Waals surface area (Å²) >= 11 is 3.82. The standard InChI is InChI=1S/C11H17Br/c1-10(2)7-3-4-11(6-9(11)12)8(10)5-7/h7-9H,3-6H2,1-2H3. The summed E-state index contributed by atoms with van der Waals surface area (Å²) in [7, 11) is 0. The molecule has 0 radical (unpaired) electrons. The molecule has 68 valence electrons. The second-order valence-electron chi connectivity index (χ2n) is 5.75. The summed E-state index contributed by atoms with van der Waals surface area (Å²) < 4.78 is 0. The molecular formula is C11H17Br. The first-order valence-corrected chi connectivity index (χ1v) is 6.13. The minimum absolute atomic E-state index is 0.681. The molecule has 1 heteroatoms. The van der Waals surface area contributed by atoms with Crippen LogP contribution in [0.25, 0.3) is 0 Å². The van der Waals surface area contributed by atoms with E-state index in [-0.39, 0.29) is 0 Å². The second-order valence-corrected chi connectivity index (χ2v) is 6.86. The fourth-order valence-electron chi connectivity index (χ4n) is 3.99. The van der Waals surface area contributed by atoms with E-state index in [0.717, 1.165) is 22.1 Å². The van der Waals surface area contributed by atoms with Gasteiger partial charge < -0.3 is 0 Å². The highest BCUT2D eigenvalue weighted by Gasteiger charge is 2.69. The average molecular weight is 229 g/mol. The summed E-state index contributed by atoms with van der Waals surface area (Å²) in [5.41, 5.74) is 1.44. The molecule has 4 rings (SSSR count). The molecule has 2 bridgehead atoms. The minimum Gasteiger partial charge on any atom is -0.0884 e. The fourth-order valence-corrected chi connectivity index (χ4v) is 5.14. The van der Waals surface area contributed by atoms with Crippen LogP contribution in [0.5, 0.6) is 0 Å². The predicted octanol–water partition coefficient (Wildman–Crippen LogP) is 3.60. The Kier molecular flexibility index (Phi) is 1.27. The molecule has 4 atom stereocenters. The van der Waals surface area contributed by atoms with E-state index in [1.807, 2.05) is 0 Å². The van der Waals surface area contributed by atoms with Crippen molar-refractivity contribution in [3.8, 4) is 0 Å². The first-order chi connectivity index (χ1) is 5.57. The van der Waals surface area contributed by atoms with E-state index in [1.54, 1.807) is 0 Å². The maximum Gasteiger partial charge on any atom is 0.0211 e.